The lowest BCUT2D eigenvalue weighted by atomic mass is 9.53. The summed E-state index contributed by atoms with van der Waals surface area (Å²) in [6.07, 6.45) is 7.29. The predicted octanol–water partition coefficient (Wildman–Crippen LogP) is 2.15. The van der Waals surface area contributed by atoms with Crippen LogP contribution in [0.25, 0.3) is 0 Å². The molecular formula is C20H25NO3. The fraction of sp³-hybridized carbons (Fsp3) is 0.600. The van der Waals surface area contributed by atoms with Crippen molar-refractivity contribution < 1.29 is 14.9 Å². The number of piperidine rings is 1. The number of hydrogen-bond donors (Lipinski definition) is 2. The number of aliphatic hydroxyl groups excluding tert-OH is 1. The summed E-state index contributed by atoms with van der Waals surface area (Å²) in [7, 11) is 2.22. The minimum atomic E-state index is -0.599. The molecule has 1 aromatic carbocycles. The third-order valence-electron chi connectivity index (χ3n) is 6.89. The number of hydrogen-bond acceptors (Lipinski definition) is 4. The van der Waals surface area contributed by atoms with Gasteiger partial charge in [-0.3, -0.25) is 0 Å². The molecule has 1 spiro atoms. The van der Waals surface area contributed by atoms with E-state index in [1.807, 2.05) is 12.1 Å². The Morgan fingerprint density at radius 1 is 1.38 bits per heavy atom. The van der Waals surface area contributed by atoms with Crippen molar-refractivity contribution in [1.82, 2.24) is 4.90 Å². The Balaban J connectivity index is 1.82. The highest BCUT2D eigenvalue weighted by Crippen LogP contribution is 2.62. The van der Waals surface area contributed by atoms with Crippen LogP contribution in [0.4, 0.5) is 0 Å². The first-order chi connectivity index (χ1) is 11.6. The van der Waals surface area contributed by atoms with Gasteiger partial charge in [0, 0.05) is 22.9 Å². The molecule has 0 amide bonds. The van der Waals surface area contributed by atoms with Crippen LogP contribution in [-0.4, -0.2) is 47.0 Å². The summed E-state index contributed by atoms with van der Waals surface area (Å²) in [6.45, 7) is 3.19. The Hall–Kier alpha value is -1.52. The average molecular weight is 327 g/mol. The lowest BCUT2D eigenvalue weighted by Crippen LogP contribution is -2.64. The summed E-state index contributed by atoms with van der Waals surface area (Å²) in [6, 6.07) is 2.36. The van der Waals surface area contributed by atoms with Crippen LogP contribution in [0.15, 0.2) is 18.2 Å². The van der Waals surface area contributed by atoms with E-state index in [0.717, 1.165) is 32.2 Å². The van der Waals surface area contributed by atoms with E-state index < -0.39 is 6.10 Å². The molecule has 4 nitrogen and oxygen atoms in total. The van der Waals surface area contributed by atoms with E-state index in [1.54, 1.807) is 0 Å². The molecule has 2 aliphatic heterocycles. The summed E-state index contributed by atoms with van der Waals surface area (Å²) in [5.41, 5.74) is 3.69. The maximum atomic E-state index is 10.6. The van der Waals surface area contributed by atoms with Crippen LogP contribution < -0.4 is 4.74 Å². The Labute approximate surface area is 142 Å². The molecule has 4 heteroatoms. The minimum Gasteiger partial charge on any atom is -0.504 e. The van der Waals surface area contributed by atoms with Crippen molar-refractivity contribution in [2.45, 2.75) is 56.3 Å². The van der Waals surface area contributed by atoms with Crippen LogP contribution >= 0.6 is 0 Å². The Bertz CT molecular complexity index is 743. The van der Waals surface area contributed by atoms with Crippen LogP contribution in [0.3, 0.4) is 0 Å². The second kappa shape index (κ2) is 4.77. The molecule has 0 saturated carbocycles. The molecule has 1 aromatic rings. The SMILES string of the molecule is CCCc1cc(O)c2c3c1C[C@@H]1[C@@H]4C=C[C@H](O)[C@H](O2)[C@]34CCN1C. The van der Waals surface area contributed by atoms with E-state index in [2.05, 4.69) is 24.9 Å². The van der Waals surface area contributed by atoms with Crippen molar-refractivity contribution in [3.63, 3.8) is 0 Å². The number of aromatic hydroxyl groups is 1. The molecule has 0 aromatic heterocycles. The van der Waals surface area contributed by atoms with Crippen LogP contribution in [-0.2, 0) is 18.3 Å². The third-order valence-corrected chi connectivity index (χ3v) is 6.89. The number of aliphatic hydroxyl groups is 1. The molecular weight excluding hydrogens is 302 g/mol. The first-order valence-electron chi connectivity index (χ1n) is 9.19. The highest BCUT2D eigenvalue weighted by atomic mass is 16.5. The van der Waals surface area contributed by atoms with Crippen molar-refractivity contribution in [2.24, 2.45) is 5.92 Å². The highest BCUT2D eigenvalue weighted by Gasteiger charge is 2.64. The fourth-order valence-corrected chi connectivity index (χ4v) is 5.89. The molecule has 2 heterocycles. The molecule has 0 unspecified atom stereocenters. The number of nitrogens with zero attached hydrogens (tertiary/aromatic N) is 1. The smallest absolute Gasteiger partial charge is 0.165 e. The monoisotopic (exact) mass is 327 g/mol. The number of likely N-dealkylation sites (tertiary alicyclic amines) is 1. The van der Waals surface area contributed by atoms with E-state index in [-0.39, 0.29) is 17.3 Å². The summed E-state index contributed by atoms with van der Waals surface area (Å²) in [4.78, 5) is 2.47. The maximum absolute atomic E-state index is 10.6. The van der Waals surface area contributed by atoms with E-state index in [0.29, 0.717) is 17.7 Å². The summed E-state index contributed by atoms with van der Waals surface area (Å²) < 4.78 is 6.22. The predicted molar refractivity (Wildman–Crippen MR) is 91.6 cm³/mol. The number of ether oxygens (including phenoxy) is 1. The fourth-order valence-electron chi connectivity index (χ4n) is 5.89. The summed E-state index contributed by atoms with van der Waals surface area (Å²) in [5.74, 6) is 1.25. The number of benzene rings is 1. The Morgan fingerprint density at radius 3 is 3.00 bits per heavy atom. The number of aryl methyl sites for hydroxylation is 1. The normalized spacial score (nSPS) is 38.8. The van der Waals surface area contributed by atoms with Gasteiger partial charge < -0.3 is 19.8 Å². The van der Waals surface area contributed by atoms with Gasteiger partial charge in [0.1, 0.15) is 12.2 Å². The zero-order valence-corrected chi connectivity index (χ0v) is 14.3. The topological polar surface area (TPSA) is 52.9 Å². The van der Waals surface area contributed by atoms with Gasteiger partial charge in [-0.2, -0.15) is 0 Å². The average Bonchev–Trinajstić information content (AvgIpc) is 2.91. The van der Waals surface area contributed by atoms with Crippen molar-refractivity contribution in [2.75, 3.05) is 13.6 Å². The number of phenols is 1. The van der Waals surface area contributed by atoms with Gasteiger partial charge in [-0.1, -0.05) is 25.5 Å². The molecule has 5 atom stereocenters. The van der Waals surface area contributed by atoms with Gasteiger partial charge in [-0.05, 0) is 50.0 Å². The van der Waals surface area contributed by atoms with Crippen molar-refractivity contribution in [3.05, 3.63) is 34.9 Å². The van der Waals surface area contributed by atoms with Crippen molar-refractivity contribution >= 4 is 0 Å². The number of phenolic OH excluding ortho intramolecular Hbond substituents is 1. The molecule has 1 fully saturated rings. The van der Waals surface area contributed by atoms with Gasteiger partial charge in [0.05, 0.1) is 0 Å². The second-order valence-corrected chi connectivity index (χ2v) is 7.97. The van der Waals surface area contributed by atoms with Crippen LogP contribution in [0.5, 0.6) is 11.5 Å². The molecule has 128 valence electrons. The minimum absolute atomic E-state index is 0.171. The molecule has 1 saturated heterocycles. The van der Waals surface area contributed by atoms with Crippen LogP contribution in [0.1, 0.15) is 36.5 Å². The molecule has 5 rings (SSSR count). The van der Waals surface area contributed by atoms with Gasteiger partial charge in [-0.15, -0.1) is 0 Å². The molecule has 2 N–H and O–H groups in total. The quantitative estimate of drug-likeness (QED) is 0.817. The van der Waals surface area contributed by atoms with Gasteiger partial charge in [0.25, 0.3) is 0 Å². The highest BCUT2D eigenvalue weighted by molar-refractivity contribution is 5.64. The van der Waals surface area contributed by atoms with Crippen LogP contribution in [0, 0.1) is 5.92 Å². The first-order valence-corrected chi connectivity index (χ1v) is 9.19. The lowest BCUT2D eigenvalue weighted by Gasteiger charge is -2.56. The Morgan fingerprint density at radius 2 is 2.21 bits per heavy atom. The zero-order chi connectivity index (χ0) is 16.6. The maximum Gasteiger partial charge on any atom is 0.165 e. The molecule has 0 radical (unpaired) electrons. The van der Waals surface area contributed by atoms with Crippen LogP contribution in [0.2, 0.25) is 0 Å². The van der Waals surface area contributed by atoms with E-state index in [9.17, 15) is 10.2 Å². The Kier molecular flexibility index (Phi) is 2.94. The van der Waals surface area contributed by atoms with Gasteiger partial charge >= 0.3 is 0 Å². The number of rotatable bonds is 2. The van der Waals surface area contributed by atoms with Crippen molar-refractivity contribution in [1.29, 1.82) is 0 Å². The summed E-state index contributed by atoms with van der Waals surface area (Å²) >= 11 is 0. The third kappa shape index (κ3) is 1.56. The van der Waals surface area contributed by atoms with Crippen molar-refractivity contribution in [3.8, 4) is 11.5 Å². The van der Waals surface area contributed by atoms with E-state index >= 15 is 0 Å². The molecule has 24 heavy (non-hydrogen) atoms. The zero-order valence-electron chi connectivity index (χ0n) is 14.3. The van der Waals surface area contributed by atoms with E-state index in [4.69, 9.17) is 4.74 Å². The summed E-state index contributed by atoms with van der Waals surface area (Å²) in [5, 5.41) is 21.2. The molecule has 2 aliphatic carbocycles. The van der Waals surface area contributed by atoms with Gasteiger partial charge in [0.15, 0.2) is 11.5 Å². The first kappa shape index (κ1) is 14.8. The lowest BCUT2D eigenvalue weighted by molar-refractivity contribution is -0.0454. The standard InChI is InChI=1S/C20H25NO3/c1-3-4-11-9-16(23)18-17-12(11)10-14-13-5-6-15(22)19(24-18)20(13,17)7-8-21(14)2/h5-6,9,13-15,19,22-23H,3-4,7-8,10H2,1-2H3/t13-,14+,15-,19-,20-/m0/s1. The molecule has 4 aliphatic rings. The van der Waals surface area contributed by atoms with Gasteiger partial charge in [-0.25, -0.2) is 0 Å². The number of likely N-dealkylation sites (N-methyl/N-ethyl adjacent to an activating group) is 1. The largest absolute Gasteiger partial charge is 0.504 e. The van der Waals surface area contributed by atoms with E-state index in [1.165, 1.54) is 16.7 Å². The van der Waals surface area contributed by atoms with Gasteiger partial charge in [0.2, 0.25) is 0 Å². The second-order valence-electron chi connectivity index (χ2n) is 7.97. The molecule has 2 bridgehead atoms.